The van der Waals surface area contributed by atoms with Gasteiger partial charge in [0.15, 0.2) is 0 Å². The van der Waals surface area contributed by atoms with Crippen LogP contribution in [-0.2, 0) is 22.8 Å². The molecule has 0 N–H and O–H groups in total. The van der Waals surface area contributed by atoms with E-state index in [1.165, 1.54) is 6.04 Å². The minimum Gasteiger partial charge on any atom is -0.361 e. The molecule has 0 aliphatic carbocycles. The Kier molecular flexibility index (Phi) is 5.06. The van der Waals surface area contributed by atoms with Crippen molar-refractivity contribution in [3.63, 3.8) is 0 Å². The van der Waals surface area contributed by atoms with E-state index in [0.717, 1.165) is 36.2 Å². The Balaban J connectivity index is 1.62. The second-order valence-electron chi connectivity index (χ2n) is 7.80. The number of fused-ring (bicyclic) bond motifs is 1. The standard InChI is InChI=1S/C18H27N3O2Si/c1-24(2,3)10-9-23-14-21-13-19-16-11-15(6-7-17(16)21)12-20-8-4-5-18(20)22/h6-7,11,13H,4-5,8-10,12,14H2,1-3H3. The summed E-state index contributed by atoms with van der Waals surface area (Å²) in [6.07, 6.45) is 3.50. The molecule has 1 saturated heterocycles. The van der Waals surface area contributed by atoms with Crippen molar-refractivity contribution in [1.82, 2.24) is 14.5 Å². The number of hydrogen-bond donors (Lipinski definition) is 0. The molecule has 0 radical (unpaired) electrons. The average Bonchev–Trinajstić information content (AvgIpc) is 3.09. The molecule has 2 heterocycles. The van der Waals surface area contributed by atoms with Gasteiger partial charge in [-0.1, -0.05) is 25.7 Å². The molecule has 24 heavy (non-hydrogen) atoms. The zero-order valence-corrected chi connectivity index (χ0v) is 15.9. The highest BCUT2D eigenvalue weighted by Gasteiger charge is 2.20. The molecule has 1 aromatic carbocycles. The SMILES string of the molecule is C[Si](C)(C)CCOCn1cnc2cc(CN3CCCC3=O)ccc21. The first-order valence-electron chi connectivity index (χ1n) is 8.72. The fourth-order valence-corrected chi connectivity index (χ4v) is 3.70. The number of ether oxygens (including phenoxy) is 1. The molecular weight excluding hydrogens is 318 g/mol. The maximum atomic E-state index is 11.8. The number of rotatable bonds is 7. The number of carbonyl (C=O) groups is 1. The van der Waals surface area contributed by atoms with Crippen LogP contribution in [0.3, 0.4) is 0 Å². The highest BCUT2D eigenvalue weighted by molar-refractivity contribution is 6.76. The largest absolute Gasteiger partial charge is 0.361 e. The van der Waals surface area contributed by atoms with Crippen LogP contribution in [0.5, 0.6) is 0 Å². The van der Waals surface area contributed by atoms with Gasteiger partial charge in [0.25, 0.3) is 0 Å². The minimum atomic E-state index is -1.05. The Labute approximate surface area is 144 Å². The van der Waals surface area contributed by atoms with E-state index in [-0.39, 0.29) is 5.91 Å². The number of carbonyl (C=O) groups excluding carboxylic acids is 1. The third-order valence-electron chi connectivity index (χ3n) is 4.46. The topological polar surface area (TPSA) is 47.4 Å². The van der Waals surface area contributed by atoms with Crippen LogP contribution in [0.4, 0.5) is 0 Å². The number of nitrogens with zero attached hydrogens (tertiary/aromatic N) is 3. The maximum absolute atomic E-state index is 11.8. The molecule has 130 valence electrons. The van der Waals surface area contributed by atoms with Gasteiger partial charge >= 0.3 is 0 Å². The van der Waals surface area contributed by atoms with Crippen LogP contribution < -0.4 is 0 Å². The molecule has 0 unspecified atom stereocenters. The summed E-state index contributed by atoms with van der Waals surface area (Å²) >= 11 is 0. The highest BCUT2D eigenvalue weighted by Crippen LogP contribution is 2.19. The van der Waals surface area contributed by atoms with E-state index in [0.29, 0.717) is 19.7 Å². The average molecular weight is 346 g/mol. The van der Waals surface area contributed by atoms with E-state index < -0.39 is 8.07 Å². The summed E-state index contributed by atoms with van der Waals surface area (Å²) in [6, 6.07) is 7.43. The molecular formula is C18H27N3O2Si. The van der Waals surface area contributed by atoms with E-state index >= 15 is 0 Å². The van der Waals surface area contributed by atoms with Crippen molar-refractivity contribution in [2.45, 2.75) is 51.8 Å². The second kappa shape index (κ2) is 7.07. The fraction of sp³-hybridized carbons (Fsp3) is 0.556. The van der Waals surface area contributed by atoms with Crippen molar-refractivity contribution < 1.29 is 9.53 Å². The van der Waals surface area contributed by atoms with Crippen LogP contribution >= 0.6 is 0 Å². The van der Waals surface area contributed by atoms with Gasteiger partial charge in [0.1, 0.15) is 6.73 Å². The summed E-state index contributed by atoms with van der Waals surface area (Å²) in [4.78, 5) is 18.2. The van der Waals surface area contributed by atoms with Gasteiger partial charge in [-0.15, -0.1) is 0 Å². The Morgan fingerprint density at radius 3 is 2.83 bits per heavy atom. The molecule has 1 aliphatic heterocycles. The van der Waals surface area contributed by atoms with Crippen LogP contribution in [0.1, 0.15) is 18.4 Å². The van der Waals surface area contributed by atoms with Crippen molar-refractivity contribution in [2.24, 2.45) is 0 Å². The lowest BCUT2D eigenvalue weighted by molar-refractivity contribution is -0.128. The first-order chi connectivity index (χ1) is 11.4. The van der Waals surface area contributed by atoms with Crippen LogP contribution in [0.25, 0.3) is 11.0 Å². The van der Waals surface area contributed by atoms with E-state index in [1.807, 2.05) is 15.8 Å². The van der Waals surface area contributed by atoms with Gasteiger partial charge in [0, 0.05) is 34.2 Å². The van der Waals surface area contributed by atoms with E-state index in [1.54, 1.807) is 0 Å². The minimum absolute atomic E-state index is 0.261. The van der Waals surface area contributed by atoms with Gasteiger partial charge < -0.3 is 14.2 Å². The maximum Gasteiger partial charge on any atom is 0.222 e. The molecule has 2 aromatic rings. The molecule has 6 heteroatoms. The van der Waals surface area contributed by atoms with Crippen molar-refractivity contribution in [3.05, 3.63) is 30.1 Å². The molecule has 1 amide bonds. The van der Waals surface area contributed by atoms with Crippen molar-refractivity contribution in [3.8, 4) is 0 Å². The lowest BCUT2D eigenvalue weighted by atomic mass is 10.2. The Hall–Kier alpha value is -1.66. The Morgan fingerprint density at radius 1 is 1.29 bits per heavy atom. The van der Waals surface area contributed by atoms with Gasteiger partial charge in [-0.3, -0.25) is 4.79 Å². The number of hydrogen-bond acceptors (Lipinski definition) is 3. The zero-order valence-electron chi connectivity index (χ0n) is 14.9. The van der Waals surface area contributed by atoms with Crippen LogP contribution in [0.15, 0.2) is 24.5 Å². The smallest absolute Gasteiger partial charge is 0.222 e. The summed E-state index contributed by atoms with van der Waals surface area (Å²) in [5.41, 5.74) is 3.19. The fourth-order valence-electron chi connectivity index (χ4n) is 2.94. The molecule has 0 spiro atoms. The summed E-state index contributed by atoms with van der Waals surface area (Å²) < 4.78 is 7.86. The molecule has 1 aliphatic rings. The first-order valence-corrected chi connectivity index (χ1v) is 12.4. The van der Waals surface area contributed by atoms with Gasteiger partial charge in [0.05, 0.1) is 17.4 Å². The van der Waals surface area contributed by atoms with Crippen molar-refractivity contribution in [2.75, 3.05) is 13.2 Å². The first kappa shape index (κ1) is 17.2. The summed E-state index contributed by atoms with van der Waals surface area (Å²) in [5, 5.41) is 0. The van der Waals surface area contributed by atoms with Gasteiger partial charge in [0.2, 0.25) is 5.91 Å². The lowest BCUT2D eigenvalue weighted by Crippen LogP contribution is -2.23. The third kappa shape index (κ3) is 4.24. The molecule has 3 rings (SSSR count). The highest BCUT2D eigenvalue weighted by atomic mass is 28.3. The Morgan fingerprint density at radius 2 is 2.12 bits per heavy atom. The van der Waals surface area contributed by atoms with E-state index in [2.05, 4.69) is 42.8 Å². The van der Waals surface area contributed by atoms with E-state index in [9.17, 15) is 4.79 Å². The molecule has 0 saturated carbocycles. The van der Waals surface area contributed by atoms with Crippen molar-refractivity contribution >= 4 is 25.0 Å². The lowest BCUT2D eigenvalue weighted by Gasteiger charge is -2.16. The number of likely N-dealkylation sites (tertiary alicyclic amines) is 1. The second-order valence-corrected chi connectivity index (χ2v) is 13.4. The van der Waals surface area contributed by atoms with Gasteiger partial charge in [-0.2, -0.15) is 0 Å². The molecule has 1 fully saturated rings. The quantitative estimate of drug-likeness (QED) is 0.570. The number of aromatic nitrogens is 2. The summed E-state index contributed by atoms with van der Waals surface area (Å²) in [7, 11) is -1.05. The molecule has 5 nitrogen and oxygen atoms in total. The number of imidazole rings is 1. The predicted octanol–water partition coefficient (Wildman–Crippen LogP) is 3.47. The van der Waals surface area contributed by atoms with Crippen molar-refractivity contribution in [1.29, 1.82) is 0 Å². The van der Waals surface area contributed by atoms with Crippen LogP contribution in [0.2, 0.25) is 25.7 Å². The normalized spacial score (nSPS) is 15.6. The summed E-state index contributed by atoms with van der Waals surface area (Å²) in [5.74, 6) is 0.261. The van der Waals surface area contributed by atoms with Crippen LogP contribution in [0, 0.1) is 0 Å². The van der Waals surface area contributed by atoms with Gasteiger partial charge in [-0.25, -0.2) is 4.98 Å². The van der Waals surface area contributed by atoms with Crippen LogP contribution in [-0.4, -0.2) is 41.6 Å². The number of benzene rings is 1. The molecule has 0 bridgehead atoms. The number of amides is 1. The Bertz CT molecular complexity index is 721. The third-order valence-corrected chi connectivity index (χ3v) is 6.16. The van der Waals surface area contributed by atoms with E-state index in [4.69, 9.17) is 4.74 Å². The molecule has 0 atom stereocenters. The van der Waals surface area contributed by atoms with Gasteiger partial charge in [-0.05, 0) is 30.2 Å². The zero-order chi connectivity index (χ0) is 17.2. The molecule has 1 aromatic heterocycles. The monoisotopic (exact) mass is 345 g/mol. The predicted molar refractivity (Wildman–Crippen MR) is 98.5 cm³/mol. The summed E-state index contributed by atoms with van der Waals surface area (Å²) in [6.45, 7) is 9.99.